The number of thioether (sulfide) groups is 1. The van der Waals surface area contributed by atoms with E-state index in [0.29, 0.717) is 29.3 Å². The van der Waals surface area contributed by atoms with E-state index < -0.39 is 37.4 Å². The van der Waals surface area contributed by atoms with Crippen LogP contribution in [0.25, 0.3) is 10.6 Å². The van der Waals surface area contributed by atoms with Gasteiger partial charge >= 0.3 is 5.97 Å². The number of anilines is 1. The smallest absolute Gasteiger partial charge is 0.357 e. The van der Waals surface area contributed by atoms with Crippen LogP contribution in [-0.4, -0.2) is 49.6 Å². The van der Waals surface area contributed by atoms with E-state index in [4.69, 9.17) is 4.74 Å². The molecule has 0 fully saturated rings. The average Bonchev–Trinajstić information content (AvgIpc) is 3.44. The summed E-state index contributed by atoms with van der Waals surface area (Å²) in [6.07, 6.45) is 0.586. The molecule has 14 heteroatoms. The SMILES string of the molecule is CCc1sc(-c2ccc(C(=O)NS(=O)(=O)c3ccc(NCCSc4ccccc4)c([N+](=O)[O-])c3)cc2)nc1C(=O)OC. The van der Waals surface area contributed by atoms with Crippen LogP contribution in [0.15, 0.2) is 82.6 Å². The molecule has 2 N–H and O–H groups in total. The quantitative estimate of drug-likeness (QED) is 0.0687. The van der Waals surface area contributed by atoms with E-state index in [1.54, 1.807) is 23.9 Å². The molecule has 0 spiro atoms. The Labute approximate surface area is 250 Å². The standard InChI is InChI=1S/C28H26N4O7S3/c1-3-24-25(28(34)39-2)30-27(41-24)19-11-9-18(10-12-19)26(33)31-42(37,38)21-13-14-22(23(17-21)32(35)36)29-15-16-40-20-7-5-4-6-8-20/h4-14,17,29H,3,15-16H2,1-2H3,(H,31,33). The number of nitrogens with zero attached hydrogens (tertiary/aromatic N) is 2. The Morgan fingerprint density at radius 1 is 1.07 bits per heavy atom. The molecule has 0 atom stereocenters. The first-order chi connectivity index (χ1) is 20.1. The summed E-state index contributed by atoms with van der Waals surface area (Å²) in [6.45, 7) is 2.30. The molecule has 42 heavy (non-hydrogen) atoms. The molecule has 1 aromatic heterocycles. The second kappa shape index (κ2) is 13.6. The lowest BCUT2D eigenvalue weighted by Gasteiger charge is -2.10. The van der Waals surface area contributed by atoms with Crippen molar-refractivity contribution in [3.8, 4) is 10.6 Å². The third-order valence-corrected chi connectivity index (χ3v) is 9.52. The summed E-state index contributed by atoms with van der Waals surface area (Å²) in [5.74, 6) is -0.820. The molecule has 0 unspecified atom stereocenters. The van der Waals surface area contributed by atoms with Crippen molar-refractivity contribution < 1.29 is 27.7 Å². The van der Waals surface area contributed by atoms with Crippen molar-refractivity contribution in [3.63, 3.8) is 0 Å². The number of rotatable bonds is 12. The zero-order valence-corrected chi connectivity index (χ0v) is 25.0. The van der Waals surface area contributed by atoms with Crippen LogP contribution < -0.4 is 10.0 Å². The predicted octanol–water partition coefficient (Wildman–Crippen LogP) is 5.39. The fourth-order valence-electron chi connectivity index (χ4n) is 3.83. The van der Waals surface area contributed by atoms with Crippen molar-refractivity contribution in [2.45, 2.75) is 23.1 Å². The first-order valence-corrected chi connectivity index (χ1v) is 15.9. The van der Waals surface area contributed by atoms with Crippen LogP contribution in [0.1, 0.15) is 32.6 Å². The highest BCUT2D eigenvalue weighted by molar-refractivity contribution is 7.99. The number of esters is 1. The predicted molar refractivity (Wildman–Crippen MR) is 162 cm³/mol. The molecule has 3 aromatic carbocycles. The van der Waals surface area contributed by atoms with Crippen LogP contribution >= 0.6 is 23.1 Å². The Morgan fingerprint density at radius 3 is 2.43 bits per heavy atom. The minimum absolute atomic E-state index is 0.0477. The number of sulfonamides is 1. The molecule has 1 amide bonds. The van der Waals surface area contributed by atoms with Gasteiger partial charge in [0.05, 0.1) is 16.9 Å². The zero-order valence-electron chi connectivity index (χ0n) is 22.5. The average molecular weight is 627 g/mol. The summed E-state index contributed by atoms with van der Waals surface area (Å²) < 4.78 is 32.6. The van der Waals surface area contributed by atoms with Gasteiger partial charge in [-0.25, -0.2) is 22.9 Å². The molecular formula is C28H26N4O7S3. The number of hydrogen-bond donors (Lipinski definition) is 2. The molecule has 0 radical (unpaired) electrons. The number of aromatic nitrogens is 1. The fraction of sp³-hybridized carbons (Fsp3) is 0.179. The zero-order chi connectivity index (χ0) is 30.3. The van der Waals surface area contributed by atoms with Crippen LogP contribution in [0.3, 0.4) is 0 Å². The van der Waals surface area contributed by atoms with Crippen molar-refractivity contribution in [2.24, 2.45) is 0 Å². The maximum Gasteiger partial charge on any atom is 0.357 e. The largest absolute Gasteiger partial charge is 0.464 e. The summed E-state index contributed by atoms with van der Waals surface area (Å²) in [7, 11) is -3.14. The molecule has 4 aromatic rings. The molecule has 0 aliphatic heterocycles. The third-order valence-electron chi connectivity index (χ3n) is 5.92. The monoisotopic (exact) mass is 626 g/mol. The number of carbonyl (C=O) groups is 2. The van der Waals surface area contributed by atoms with Crippen molar-refractivity contribution in [1.82, 2.24) is 9.71 Å². The van der Waals surface area contributed by atoms with Crippen LogP contribution in [0.4, 0.5) is 11.4 Å². The van der Waals surface area contributed by atoms with Crippen LogP contribution in [0, 0.1) is 10.1 Å². The molecule has 11 nitrogen and oxygen atoms in total. The summed E-state index contributed by atoms with van der Waals surface area (Å²) >= 11 is 2.89. The van der Waals surface area contributed by atoms with Gasteiger partial charge in [0.25, 0.3) is 21.6 Å². The number of nitrogens with one attached hydrogen (secondary N) is 2. The third kappa shape index (κ3) is 7.32. The van der Waals surface area contributed by atoms with Crippen LogP contribution in [0.5, 0.6) is 0 Å². The van der Waals surface area contributed by atoms with Crippen molar-refractivity contribution in [1.29, 1.82) is 0 Å². The Morgan fingerprint density at radius 2 is 1.79 bits per heavy atom. The summed E-state index contributed by atoms with van der Waals surface area (Å²) in [5, 5.41) is 15.2. The molecule has 218 valence electrons. The molecule has 0 aliphatic rings. The second-order valence-corrected chi connectivity index (χ2v) is 12.6. The Hall–Kier alpha value is -4.27. The van der Waals surface area contributed by atoms with E-state index in [1.165, 1.54) is 42.7 Å². The van der Waals surface area contributed by atoms with Crippen molar-refractivity contribution in [2.75, 3.05) is 24.7 Å². The highest BCUT2D eigenvalue weighted by atomic mass is 32.2. The van der Waals surface area contributed by atoms with Crippen LogP contribution in [-0.2, 0) is 21.2 Å². The van der Waals surface area contributed by atoms with Crippen molar-refractivity contribution >= 4 is 56.4 Å². The van der Waals surface area contributed by atoms with E-state index in [2.05, 4.69) is 10.3 Å². The van der Waals surface area contributed by atoms with E-state index in [0.717, 1.165) is 15.8 Å². The van der Waals surface area contributed by atoms with E-state index in [9.17, 15) is 28.1 Å². The van der Waals surface area contributed by atoms with Gasteiger partial charge in [-0.3, -0.25) is 14.9 Å². The molecule has 0 aliphatic carbocycles. The lowest BCUT2D eigenvalue weighted by atomic mass is 10.1. The number of hydrogen-bond acceptors (Lipinski definition) is 11. The van der Waals surface area contributed by atoms with E-state index in [-0.39, 0.29) is 16.9 Å². The van der Waals surface area contributed by atoms with Gasteiger partial charge in [-0.2, -0.15) is 0 Å². The maximum atomic E-state index is 12.9. The first-order valence-electron chi connectivity index (χ1n) is 12.6. The van der Waals surface area contributed by atoms with E-state index >= 15 is 0 Å². The molecule has 1 heterocycles. The molecular weight excluding hydrogens is 601 g/mol. The first kappa shape index (κ1) is 30.7. The normalized spacial score (nSPS) is 11.1. The van der Waals surface area contributed by atoms with Gasteiger partial charge in [0.15, 0.2) is 5.69 Å². The minimum atomic E-state index is -4.42. The van der Waals surface area contributed by atoms with Gasteiger partial charge in [0.2, 0.25) is 0 Å². The van der Waals surface area contributed by atoms with E-state index in [1.807, 2.05) is 42.0 Å². The topological polar surface area (TPSA) is 158 Å². The van der Waals surface area contributed by atoms with Gasteiger partial charge in [-0.1, -0.05) is 37.3 Å². The van der Waals surface area contributed by atoms with Gasteiger partial charge in [-0.15, -0.1) is 23.1 Å². The highest BCUT2D eigenvalue weighted by Crippen LogP contribution is 2.30. The number of amides is 1. The molecule has 4 rings (SSSR count). The summed E-state index contributed by atoms with van der Waals surface area (Å²) in [6, 6.07) is 19.1. The van der Waals surface area contributed by atoms with Crippen LogP contribution in [0.2, 0.25) is 0 Å². The van der Waals surface area contributed by atoms with Gasteiger partial charge < -0.3 is 10.1 Å². The highest BCUT2D eigenvalue weighted by Gasteiger charge is 2.24. The molecule has 0 bridgehead atoms. The minimum Gasteiger partial charge on any atom is -0.464 e. The Balaban J connectivity index is 1.44. The van der Waals surface area contributed by atoms with Crippen molar-refractivity contribution in [3.05, 3.63) is 99.0 Å². The lowest BCUT2D eigenvalue weighted by molar-refractivity contribution is -0.384. The Bertz CT molecular complexity index is 1710. The number of carbonyl (C=O) groups excluding carboxylic acids is 2. The molecule has 0 saturated heterocycles. The van der Waals surface area contributed by atoms with Gasteiger partial charge in [-0.05, 0) is 42.8 Å². The molecule has 0 saturated carbocycles. The number of nitro benzene ring substituents is 1. The van der Waals surface area contributed by atoms with Gasteiger partial charge in [0.1, 0.15) is 10.7 Å². The number of nitro groups is 1. The summed E-state index contributed by atoms with van der Waals surface area (Å²) in [4.78, 5) is 41.5. The Kier molecular flexibility index (Phi) is 9.93. The fourth-order valence-corrected chi connectivity index (χ4v) is 6.60. The number of benzene rings is 3. The number of ether oxygens (including phenoxy) is 1. The summed E-state index contributed by atoms with van der Waals surface area (Å²) in [5.41, 5.74) is 0.643. The second-order valence-electron chi connectivity index (χ2n) is 8.67. The lowest BCUT2D eigenvalue weighted by Crippen LogP contribution is -2.30. The maximum absolute atomic E-state index is 12.9. The number of thiazole rings is 1. The number of aryl methyl sites for hydroxylation is 1. The van der Waals surface area contributed by atoms with Gasteiger partial charge in [0, 0.05) is 39.3 Å². The number of methoxy groups -OCH3 is 1.